The van der Waals surface area contributed by atoms with Gasteiger partial charge in [-0.15, -0.1) is 0 Å². The molecule has 0 bridgehead atoms. The number of aromatic amines is 1. The van der Waals surface area contributed by atoms with Crippen molar-refractivity contribution in [2.24, 2.45) is 0 Å². The molecule has 18 heavy (non-hydrogen) atoms. The third kappa shape index (κ3) is 1.88. The van der Waals surface area contributed by atoms with Gasteiger partial charge in [0, 0.05) is 23.5 Å². The zero-order valence-corrected chi connectivity index (χ0v) is 9.58. The van der Waals surface area contributed by atoms with Crippen LogP contribution in [-0.4, -0.2) is 4.98 Å². The average molecular weight is 243 g/mol. The lowest BCUT2D eigenvalue weighted by Gasteiger charge is -2.02. The molecule has 90 valence electrons. The molecule has 0 aliphatic heterocycles. The number of hydrogen-bond donors (Lipinski definition) is 1. The van der Waals surface area contributed by atoms with Crippen molar-refractivity contribution in [2.45, 2.75) is 6.42 Å². The first kappa shape index (κ1) is 11.0. The van der Waals surface area contributed by atoms with Crippen molar-refractivity contribution >= 4 is 10.9 Å². The van der Waals surface area contributed by atoms with Gasteiger partial charge in [0.2, 0.25) is 0 Å². The van der Waals surface area contributed by atoms with E-state index in [4.69, 9.17) is 0 Å². The van der Waals surface area contributed by atoms with Crippen LogP contribution in [0.5, 0.6) is 0 Å². The third-order valence-electron chi connectivity index (χ3n) is 3.07. The minimum Gasteiger partial charge on any atom is -0.361 e. The van der Waals surface area contributed by atoms with Crippen LogP contribution in [-0.2, 0) is 6.42 Å². The van der Waals surface area contributed by atoms with Gasteiger partial charge in [-0.2, -0.15) is 0 Å². The maximum atomic E-state index is 13.6. The van der Waals surface area contributed by atoms with Crippen molar-refractivity contribution in [3.05, 3.63) is 71.4 Å². The summed E-state index contributed by atoms with van der Waals surface area (Å²) in [4.78, 5) is 3.01. The largest absolute Gasteiger partial charge is 0.361 e. The molecule has 0 atom stereocenters. The van der Waals surface area contributed by atoms with E-state index in [-0.39, 0.29) is 11.6 Å². The number of H-pyrrole nitrogens is 1. The molecule has 1 nitrogen and oxygen atoms in total. The van der Waals surface area contributed by atoms with E-state index in [9.17, 15) is 8.78 Å². The van der Waals surface area contributed by atoms with Crippen LogP contribution < -0.4 is 0 Å². The molecule has 3 aromatic rings. The Balaban J connectivity index is 2.03. The molecular formula is C15H11F2N. The fourth-order valence-corrected chi connectivity index (χ4v) is 2.15. The predicted molar refractivity (Wildman–Crippen MR) is 67.5 cm³/mol. The Morgan fingerprint density at radius 3 is 2.61 bits per heavy atom. The van der Waals surface area contributed by atoms with Gasteiger partial charge in [0.25, 0.3) is 0 Å². The first-order chi connectivity index (χ1) is 8.74. The number of benzene rings is 2. The first-order valence-electron chi connectivity index (χ1n) is 5.73. The second-order valence-corrected chi connectivity index (χ2v) is 4.27. The predicted octanol–water partition coefficient (Wildman–Crippen LogP) is 4.04. The number of halogens is 2. The Hall–Kier alpha value is -2.16. The molecule has 1 aromatic heterocycles. The van der Waals surface area contributed by atoms with Crippen LogP contribution in [0.1, 0.15) is 11.1 Å². The molecule has 0 unspecified atom stereocenters. The molecule has 0 aliphatic rings. The summed E-state index contributed by atoms with van der Waals surface area (Å²) in [5, 5.41) is 0.930. The fraction of sp³-hybridized carbons (Fsp3) is 0.0667. The molecular weight excluding hydrogens is 232 g/mol. The van der Waals surface area contributed by atoms with Gasteiger partial charge in [-0.05, 0) is 35.4 Å². The SMILES string of the molecule is Fc1ccc2c(Cc3ccccc3F)c[nH]c2c1. The van der Waals surface area contributed by atoms with E-state index in [2.05, 4.69) is 4.98 Å². The van der Waals surface area contributed by atoms with Crippen molar-refractivity contribution in [2.75, 3.05) is 0 Å². The van der Waals surface area contributed by atoms with Crippen molar-refractivity contribution < 1.29 is 8.78 Å². The maximum Gasteiger partial charge on any atom is 0.126 e. The molecule has 0 saturated carbocycles. The minimum absolute atomic E-state index is 0.214. The summed E-state index contributed by atoms with van der Waals surface area (Å²) in [5.41, 5.74) is 2.35. The molecule has 0 aliphatic carbocycles. The van der Waals surface area contributed by atoms with Gasteiger partial charge in [-0.3, -0.25) is 0 Å². The molecule has 2 aromatic carbocycles. The summed E-state index contributed by atoms with van der Waals surface area (Å²) in [6.07, 6.45) is 2.30. The fourth-order valence-electron chi connectivity index (χ4n) is 2.15. The van der Waals surface area contributed by atoms with Gasteiger partial charge in [0.05, 0.1) is 0 Å². The number of fused-ring (bicyclic) bond motifs is 1. The summed E-state index contributed by atoms with van der Waals surface area (Å²) < 4.78 is 26.6. The quantitative estimate of drug-likeness (QED) is 0.699. The highest BCUT2D eigenvalue weighted by Gasteiger charge is 2.07. The zero-order chi connectivity index (χ0) is 12.5. The highest BCUT2D eigenvalue weighted by Crippen LogP contribution is 2.22. The third-order valence-corrected chi connectivity index (χ3v) is 3.07. The second-order valence-electron chi connectivity index (χ2n) is 4.27. The Labute approximate surface area is 103 Å². The van der Waals surface area contributed by atoms with Crippen LogP contribution in [0.3, 0.4) is 0 Å². The Kier molecular flexibility index (Phi) is 2.59. The van der Waals surface area contributed by atoms with E-state index in [1.807, 2.05) is 6.07 Å². The number of aromatic nitrogens is 1. The van der Waals surface area contributed by atoms with Gasteiger partial charge in [0.1, 0.15) is 11.6 Å². The molecule has 0 spiro atoms. The standard InChI is InChI=1S/C15H11F2N/c16-12-5-6-13-11(9-18-15(13)8-12)7-10-3-1-2-4-14(10)17/h1-6,8-9,18H,7H2. The molecule has 1 heterocycles. The topological polar surface area (TPSA) is 15.8 Å². The summed E-state index contributed by atoms with van der Waals surface area (Å²) in [5.74, 6) is -0.490. The van der Waals surface area contributed by atoms with Gasteiger partial charge >= 0.3 is 0 Å². The Bertz CT molecular complexity index is 701. The zero-order valence-electron chi connectivity index (χ0n) is 9.58. The van der Waals surface area contributed by atoms with Crippen LogP contribution in [0, 0.1) is 11.6 Å². The smallest absolute Gasteiger partial charge is 0.126 e. The summed E-state index contributed by atoms with van der Waals surface area (Å²) in [6.45, 7) is 0. The molecule has 0 amide bonds. The highest BCUT2D eigenvalue weighted by molar-refractivity contribution is 5.83. The molecule has 1 N–H and O–H groups in total. The number of rotatable bonds is 2. The highest BCUT2D eigenvalue weighted by atomic mass is 19.1. The summed E-state index contributed by atoms with van der Waals surface area (Å²) in [7, 11) is 0. The molecule has 3 heteroatoms. The average Bonchev–Trinajstić information content (AvgIpc) is 2.74. The molecule has 3 rings (SSSR count). The van der Waals surface area contributed by atoms with E-state index in [1.54, 1.807) is 24.4 Å². The van der Waals surface area contributed by atoms with Crippen molar-refractivity contribution in [1.29, 1.82) is 0 Å². The number of hydrogen-bond acceptors (Lipinski definition) is 0. The maximum absolute atomic E-state index is 13.6. The van der Waals surface area contributed by atoms with E-state index in [0.717, 1.165) is 16.5 Å². The van der Waals surface area contributed by atoms with Crippen LogP contribution in [0.25, 0.3) is 10.9 Å². The van der Waals surface area contributed by atoms with Crippen LogP contribution in [0.4, 0.5) is 8.78 Å². The van der Waals surface area contributed by atoms with E-state index < -0.39 is 0 Å². The lowest BCUT2D eigenvalue weighted by atomic mass is 10.0. The van der Waals surface area contributed by atoms with E-state index >= 15 is 0 Å². The normalized spacial score (nSPS) is 11.0. The monoisotopic (exact) mass is 243 g/mol. The van der Waals surface area contributed by atoms with Gasteiger partial charge < -0.3 is 4.98 Å². The Morgan fingerprint density at radius 1 is 0.944 bits per heavy atom. The van der Waals surface area contributed by atoms with Crippen LogP contribution in [0.15, 0.2) is 48.7 Å². The van der Waals surface area contributed by atoms with Gasteiger partial charge in [-0.25, -0.2) is 8.78 Å². The van der Waals surface area contributed by atoms with E-state index in [0.29, 0.717) is 12.0 Å². The van der Waals surface area contributed by atoms with Crippen LogP contribution in [0.2, 0.25) is 0 Å². The number of nitrogens with one attached hydrogen (secondary N) is 1. The molecule has 0 saturated heterocycles. The second kappa shape index (κ2) is 4.26. The summed E-state index contributed by atoms with van der Waals surface area (Å²) in [6, 6.07) is 11.3. The van der Waals surface area contributed by atoms with E-state index in [1.165, 1.54) is 18.2 Å². The Morgan fingerprint density at radius 2 is 1.78 bits per heavy atom. The van der Waals surface area contributed by atoms with Crippen molar-refractivity contribution in [3.63, 3.8) is 0 Å². The molecule has 0 radical (unpaired) electrons. The summed E-state index contributed by atoms with van der Waals surface area (Å²) >= 11 is 0. The van der Waals surface area contributed by atoms with Gasteiger partial charge in [-0.1, -0.05) is 18.2 Å². The molecule has 0 fully saturated rings. The minimum atomic E-state index is -0.276. The lowest BCUT2D eigenvalue weighted by molar-refractivity contribution is 0.614. The first-order valence-corrected chi connectivity index (χ1v) is 5.73. The van der Waals surface area contributed by atoms with Crippen LogP contribution >= 0.6 is 0 Å². The lowest BCUT2D eigenvalue weighted by Crippen LogP contribution is -1.91. The van der Waals surface area contributed by atoms with Gasteiger partial charge in [0.15, 0.2) is 0 Å². The van der Waals surface area contributed by atoms with Crippen molar-refractivity contribution in [3.8, 4) is 0 Å². The van der Waals surface area contributed by atoms with Crippen molar-refractivity contribution in [1.82, 2.24) is 4.98 Å².